The summed E-state index contributed by atoms with van der Waals surface area (Å²) in [6.45, 7) is 0. The van der Waals surface area contributed by atoms with E-state index in [1.165, 1.54) is 0 Å². The molecule has 1 N–H and O–H groups in total. The van der Waals surface area contributed by atoms with Crippen LogP contribution in [-0.4, -0.2) is 12.1 Å². The number of hydrazone groups is 1. The molecule has 1 amide bonds. The van der Waals surface area contributed by atoms with Crippen molar-refractivity contribution in [1.29, 1.82) is 0 Å². The molecule has 0 saturated heterocycles. The number of amides is 1. The number of nitrogens with one attached hydrogen (secondary N) is 1. The Morgan fingerprint density at radius 1 is 1.14 bits per heavy atom. The number of benzene rings is 2. The number of halogens is 2. The van der Waals surface area contributed by atoms with Gasteiger partial charge in [-0.2, -0.15) is 5.10 Å². The van der Waals surface area contributed by atoms with E-state index >= 15 is 0 Å². The molecule has 0 spiro atoms. The van der Waals surface area contributed by atoms with Gasteiger partial charge in [-0.1, -0.05) is 36.4 Å². The van der Waals surface area contributed by atoms with Gasteiger partial charge in [-0.3, -0.25) is 4.79 Å². The van der Waals surface area contributed by atoms with Crippen LogP contribution in [0.3, 0.4) is 0 Å². The molecular formula is C16H12BrIN2O. The largest absolute Gasteiger partial charge is 0.271 e. The number of nitrogens with zero attached hydrogens (tertiary/aromatic N) is 1. The number of rotatable bonds is 4. The molecule has 0 aliphatic rings. The van der Waals surface area contributed by atoms with Gasteiger partial charge in [0.15, 0.2) is 0 Å². The van der Waals surface area contributed by atoms with Crippen molar-refractivity contribution in [3.8, 4) is 0 Å². The summed E-state index contributed by atoms with van der Waals surface area (Å²) in [6.07, 6.45) is 3.47. The quantitative estimate of drug-likeness (QED) is 0.414. The van der Waals surface area contributed by atoms with Gasteiger partial charge in [-0.15, -0.1) is 0 Å². The standard InChI is InChI=1S/C16H12BrIN2O/c17-14(9-12-5-2-1-3-6-12)11-19-20-16(21)13-7-4-8-15(18)10-13/h1-11H,(H,20,21)/b14-9-,19-11+. The minimum absolute atomic E-state index is 0.232. The van der Waals surface area contributed by atoms with E-state index in [1.54, 1.807) is 18.3 Å². The summed E-state index contributed by atoms with van der Waals surface area (Å²) >= 11 is 5.56. The van der Waals surface area contributed by atoms with Crippen LogP contribution in [0.5, 0.6) is 0 Å². The van der Waals surface area contributed by atoms with Gasteiger partial charge >= 0.3 is 0 Å². The number of carbonyl (C=O) groups excluding carboxylic acids is 1. The molecule has 0 unspecified atom stereocenters. The zero-order chi connectivity index (χ0) is 15.1. The van der Waals surface area contributed by atoms with Crippen LogP contribution in [0.4, 0.5) is 0 Å². The van der Waals surface area contributed by atoms with Crippen molar-refractivity contribution in [3.63, 3.8) is 0 Å². The molecule has 21 heavy (non-hydrogen) atoms. The maximum Gasteiger partial charge on any atom is 0.271 e. The summed E-state index contributed by atoms with van der Waals surface area (Å²) in [5, 5.41) is 3.93. The molecule has 0 atom stereocenters. The second-order valence-electron chi connectivity index (χ2n) is 4.15. The molecule has 0 aliphatic carbocycles. The summed E-state index contributed by atoms with van der Waals surface area (Å²) in [4.78, 5) is 11.9. The summed E-state index contributed by atoms with van der Waals surface area (Å²) in [5.41, 5.74) is 4.14. The van der Waals surface area contributed by atoms with Crippen LogP contribution < -0.4 is 5.43 Å². The van der Waals surface area contributed by atoms with Crippen molar-refractivity contribution < 1.29 is 4.79 Å². The Balaban J connectivity index is 1.96. The van der Waals surface area contributed by atoms with Crippen molar-refractivity contribution in [2.24, 2.45) is 5.10 Å². The maximum atomic E-state index is 11.9. The molecule has 2 rings (SSSR count). The molecule has 0 aromatic heterocycles. The Bertz CT molecular complexity index is 684. The van der Waals surface area contributed by atoms with Gasteiger partial charge in [0.2, 0.25) is 0 Å². The smallest absolute Gasteiger partial charge is 0.267 e. The highest BCUT2D eigenvalue weighted by Gasteiger charge is 2.03. The molecular weight excluding hydrogens is 443 g/mol. The Hall–Kier alpha value is -1.47. The molecule has 5 heteroatoms. The van der Waals surface area contributed by atoms with Crippen molar-refractivity contribution in [2.45, 2.75) is 0 Å². The molecule has 2 aromatic carbocycles. The third-order valence-corrected chi connectivity index (χ3v) is 3.65. The minimum atomic E-state index is -0.232. The van der Waals surface area contributed by atoms with Crippen LogP contribution in [0.15, 0.2) is 64.2 Å². The summed E-state index contributed by atoms with van der Waals surface area (Å²) in [5.74, 6) is -0.232. The number of hydrogen-bond acceptors (Lipinski definition) is 2. The molecule has 0 bridgehead atoms. The Labute approximate surface area is 145 Å². The molecule has 106 valence electrons. The van der Waals surface area contributed by atoms with Crippen LogP contribution in [0.1, 0.15) is 15.9 Å². The van der Waals surface area contributed by atoms with Gasteiger partial charge in [0, 0.05) is 13.6 Å². The van der Waals surface area contributed by atoms with E-state index < -0.39 is 0 Å². The Kier molecular flexibility index (Phi) is 6.13. The lowest BCUT2D eigenvalue weighted by Gasteiger charge is -2.00. The monoisotopic (exact) mass is 454 g/mol. The predicted molar refractivity (Wildman–Crippen MR) is 98.5 cm³/mol. The second kappa shape index (κ2) is 8.09. The molecule has 0 fully saturated rings. The Morgan fingerprint density at radius 3 is 2.62 bits per heavy atom. The van der Waals surface area contributed by atoms with Gasteiger partial charge in [-0.05, 0) is 68.4 Å². The fraction of sp³-hybridized carbons (Fsp3) is 0. The number of hydrogen-bond donors (Lipinski definition) is 1. The minimum Gasteiger partial charge on any atom is -0.267 e. The van der Waals surface area contributed by atoms with Crippen LogP contribution in [-0.2, 0) is 0 Å². The molecule has 0 aliphatic heterocycles. The van der Waals surface area contributed by atoms with E-state index in [2.05, 4.69) is 49.0 Å². The summed E-state index contributed by atoms with van der Waals surface area (Å²) < 4.78 is 1.78. The first kappa shape index (κ1) is 15.9. The molecule has 2 aromatic rings. The molecule has 0 heterocycles. The zero-order valence-corrected chi connectivity index (χ0v) is 14.7. The molecule has 3 nitrogen and oxygen atoms in total. The fourth-order valence-corrected chi connectivity index (χ4v) is 2.50. The van der Waals surface area contributed by atoms with Crippen LogP contribution >= 0.6 is 38.5 Å². The fourth-order valence-electron chi connectivity index (χ4n) is 1.59. The summed E-state index contributed by atoms with van der Waals surface area (Å²) in [7, 11) is 0. The lowest BCUT2D eigenvalue weighted by Crippen LogP contribution is -2.17. The van der Waals surface area contributed by atoms with Gasteiger partial charge in [0.05, 0.1) is 6.21 Å². The van der Waals surface area contributed by atoms with E-state index in [0.717, 1.165) is 13.6 Å². The average Bonchev–Trinajstić information content (AvgIpc) is 2.48. The van der Waals surface area contributed by atoms with E-state index in [-0.39, 0.29) is 5.91 Å². The van der Waals surface area contributed by atoms with Crippen LogP contribution in [0.2, 0.25) is 0 Å². The van der Waals surface area contributed by atoms with Crippen molar-refractivity contribution in [1.82, 2.24) is 5.43 Å². The normalized spacial score (nSPS) is 11.6. The maximum absolute atomic E-state index is 11.9. The van der Waals surface area contributed by atoms with Crippen LogP contribution in [0, 0.1) is 3.57 Å². The van der Waals surface area contributed by atoms with E-state index in [0.29, 0.717) is 5.56 Å². The van der Waals surface area contributed by atoms with E-state index in [9.17, 15) is 4.79 Å². The highest BCUT2D eigenvalue weighted by Crippen LogP contribution is 2.10. The molecule has 0 radical (unpaired) electrons. The lowest BCUT2D eigenvalue weighted by molar-refractivity contribution is 0.0955. The van der Waals surface area contributed by atoms with Gasteiger partial charge in [-0.25, -0.2) is 5.43 Å². The van der Waals surface area contributed by atoms with E-state index in [1.807, 2.05) is 48.5 Å². The van der Waals surface area contributed by atoms with E-state index in [4.69, 9.17) is 0 Å². The molecule has 0 saturated carbocycles. The first-order valence-corrected chi connectivity index (χ1v) is 8.03. The third-order valence-electron chi connectivity index (χ3n) is 2.54. The first-order valence-electron chi connectivity index (χ1n) is 6.16. The Morgan fingerprint density at radius 2 is 1.90 bits per heavy atom. The third kappa shape index (κ3) is 5.43. The van der Waals surface area contributed by atoms with Crippen molar-refractivity contribution >= 4 is 56.7 Å². The summed E-state index contributed by atoms with van der Waals surface area (Å²) in [6, 6.07) is 17.2. The first-order chi connectivity index (χ1) is 10.1. The number of allylic oxidation sites excluding steroid dienone is 1. The SMILES string of the molecule is O=C(N/N=C/C(Br)=C/c1ccccc1)c1cccc(I)c1. The number of carbonyl (C=O) groups is 1. The van der Waals surface area contributed by atoms with Crippen molar-refractivity contribution in [3.05, 3.63) is 73.8 Å². The van der Waals surface area contributed by atoms with Gasteiger partial charge in [0.25, 0.3) is 5.91 Å². The predicted octanol–water partition coefficient (Wildman–Crippen LogP) is 4.44. The van der Waals surface area contributed by atoms with Crippen LogP contribution in [0.25, 0.3) is 6.08 Å². The highest BCUT2D eigenvalue weighted by molar-refractivity contribution is 14.1. The van der Waals surface area contributed by atoms with Gasteiger partial charge < -0.3 is 0 Å². The lowest BCUT2D eigenvalue weighted by atomic mass is 10.2. The zero-order valence-electron chi connectivity index (χ0n) is 11.0. The van der Waals surface area contributed by atoms with Gasteiger partial charge in [0.1, 0.15) is 0 Å². The van der Waals surface area contributed by atoms with Crippen molar-refractivity contribution in [2.75, 3.05) is 0 Å². The topological polar surface area (TPSA) is 41.5 Å². The second-order valence-corrected chi connectivity index (χ2v) is 6.31. The highest BCUT2D eigenvalue weighted by atomic mass is 127. The average molecular weight is 455 g/mol.